The van der Waals surface area contributed by atoms with E-state index in [0.29, 0.717) is 0 Å². The number of nitrogens with two attached hydrogens (primary N) is 1. The molecule has 0 heterocycles. The van der Waals surface area contributed by atoms with Crippen molar-refractivity contribution in [3.8, 4) is 0 Å². The largest absolute Gasteiger partial charge is 0.391 e. The molecule has 4 heteroatoms. The molecule has 0 aliphatic heterocycles. The molecule has 0 amide bonds. The van der Waals surface area contributed by atoms with E-state index in [0.717, 1.165) is 28.4 Å². The fraction of sp³-hybridized carbons (Fsp3) is 0.500. The van der Waals surface area contributed by atoms with Gasteiger partial charge in [0.25, 0.3) is 0 Å². The van der Waals surface area contributed by atoms with Crippen LogP contribution >= 0.6 is 35.0 Å². The van der Waals surface area contributed by atoms with E-state index < -0.39 is 6.10 Å². The summed E-state index contributed by atoms with van der Waals surface area (Å²) in [5.74, 6) is 0. The van der Waals surface area contributed by atoms with E-state index in [2.05, 4.69) is 29.5 Å². The lowest BCUT2D eigenvalue weighted by molar-refractivity contribution is 0.132. The molecule has 0 spiro atoms. The summed E-state index contributed by atoms with van der Waals surface area (Å²) in [5.41, 5.74) is 7.07. The average molecular weight is 356 g/mol. The minimum Gasteiger partial charge on any atom is -0.391 e. The molecule has 1 aromatic carbocycles. The number of hydrogen-bond donors (Lipinski definition) is 2. The summed E-state index contributed by atoms with van der Waals surface area (Å²) in [6.45, 7) is 2.12. The van der Waals surface area contributed by atoms with Crippen molar-refractivity contribution >= 4 is 35.0 Å². The summed E-state index contributed by atoms with van der Waals surface area (Å²) in [7, 11) is 0. The highest BCUT2D eigenvalue weighted by molar-refractivity contribution is 14.1. The molecule has 16 heavy (non-hydrogen) atoms. The van der Waals surface area contributed by atoms with Gasteiger partial charge in [-0.1, -0.05) is 38.0 Å². The van der Waals surface area contributed by atoms with Gasteiger partial charge in [0.2, 0.25) is 0 Å². The van der Waals surface area contributed by atoms with Crippen molar-refractivity contribution < 1.29 is 5.11 Å². The van der Waals surface area contributed by atoms with Gasteiger partial charge < -0.3 is 10.8 Å². The summed E-state index contributed by atoms with van der Waals surface area (Å²) in [5, 5.41) is 9.90. The third-order valence-electron chi connectivity index (χ3n) is 2.53. The monoisotopic (exact) mass is 355 g/mol. The first-order valence-electron chi connectivity index (χ1n) is 5.35. The third kappa shape index (κ3) is 4.57. The van der Waals surface area contributed by atoms with Gasteiger partial charge in [-0.15, -0.1) is 12.4 Å². The zero-order valence-corrected chi connectivity index (χ0v) is 12.4. The lowest BCUT2D eigenvalue weighted by Crippen LogP contribution is -2.26. The quantitative estimate of drug-likeness (QED) is 0.796. The van der Waals surface area contributed by atoms with E-state index in [9.17, 15) is 5.11 Å². The van der Waals surface area contributed by atoms with Crippen LogP contribution in [0.2, 0.25) is 0 Å². The van der Waals surface area contributed by atoms with Gasteiger partial charge in [-0.3, -0.25) is 0 Å². The summed E-state index contributed by atoms with van der Waals surface area (Å²) in [6.07, 6.45) is 2.47. The molecule has 1 aromatic rings. The van der Waals surface area contributed by atoms with Crippen LogP contribution in [0, 0.1) is 3.57 Å². The van der Waals surface area contributed by atoms with Crippen LogP contribution in [0.25, 0.3) is 0 Å². The maximum absolute atomic E-state index is 9.90. The fourth-order valence-electron chi connectivity index (χ4n) is 1.55. The van der Waals surface area contributed by atoms with E-state index in [1.807, 2.05) is 24.3 Å². The molecule has 1 rings (SSSR count). The van der Waals surface area contributed by atoms with Crippen LogP contribution in [0.3, 0.4) is 0 Å². The normalized spacial score (nSPS) is 14.0. The van der Waals surface area contributed by atoms with Crippen molar-refractivity contribution in [1.29, 1.82) is 0 Å². The Morgan fingerprint density at radius 1 is 1.38 bits per heavy atom. The molecule has 0 saturated heterocycles. The molecule has 2 nitrogen and oxygen atoms in total. The van der Waals surface area contributed by atoms with E-state index >= 15 is 0 Å². The van der Waals surface area contributed by atoms with Gasteiger partial charge >= 0.3 is 0 Å². The number of rotatable bonds is 5. The van der Waals surface area contributed by atoms with Gasteiger partial charge in [0.15, 0.2) is 0 Å². The molecule has 0 bridgehead atoms. The van der Waals surface area contributed by atoms with Gasteiger partial charge in [0.05, 0.1) is 12.1 Å². The standard InChI is InChI=1S/C12H18INO.ClH/c1-2-3-8-11(15)12(14)9-6-4-5-7-10(9)13;/h4-7,11-12,15H,2-3,8,14H2,1H3;1H/t11-,12+;/m1./s1. The average Bonchev–Trinajstić information content (AvgIpc) is 2.25. The molecule has 0 radical (unpaired) electrons. The van der Waals surface area contributed by atoms with Crippen LogP contribution in [-0.2, 0) is 0 Å². The first-order chi connectivity index (χ1) is 7.16. The topological polar surface area (TPSA) is 46.2 Å². The van der Waals surface area contributed by atoms with Gasteiger partial charge in [-0.25, -0.2) is 0 Å². The van der Waals surface area contributed by atoms with Gasteiger partial charge in [0.1, 0.15) is 0 Å². The second-order valence-corrected chi connectivity index (χ2v) is 4.92. The highest BCUT2D eigenvalue weighted by Crippen LogP contribution is 2.22. The van der Waals surface area contributed by atoms with Crippen LogP contribution in [0.5, 0.6) is 0 Å². The van der Waals surface area contributed by atoms with Crippen LogP contribution in [0.4, 0.5) is 0 Å². The second kappa shape index (κ2) is 8.28. The Hall–Kier alpha value is 0.160. The number of halogens is 2. The zero-order valence-electron chi connectivity index (χ0n) is 9.40. The Balaban J connectivity index is 0.00000225. The molecule has 0 aliphatic carbocycles. The third-order valence-corrected chi connectivity index (χ3v) is 3.51. The molecule has 0 unspecified atom stereocenters. The Morgan fingerprint density at radius 2 is 2.00 bits per heavy atom. The first kappa shape index (κ1) is 16.2. The molecular formula is C12H19ClINO. The second-order valence-electron chi connectivity index (χ2n) is 3.76. The molecule has 0 saturated carbocycles. The number of hydrogen-bond acceptors (Lipinski definition) is 2. The van der Waals surface area contributed by atoms with Crippen molar-refractivity contribution in [2.45, 2.75) is 38.3 Å². The summed E-state index contributed by atoms with van der Waals surface area (Å²) >= 11 is 2.26. The van der Waals surface area contributed by atoms with E-state index in [1.165, 1.54) is 0 Å². The number of unbranched alkanes of at least 4 members (excludes halogenated alkanes) is 1. The maximum atomic E-state index is 9.90. The number of benzene rings is 1. The minimum absolute atomic E-state index is 0. The Labute approximate surface area is 117 Å². The Bertz CT molecular complexity index is 309. The summed E-state index contributed by atoms with van der Waals surface area (Å²) in [6, 6.07) is 7.69. The van der Waals surface area contributed by atoms with Crippen molar-refractivity contribution in [3.63, 3.8) is 0 Å². The van der Waals surface area contributed by atoms with Crippen LogP contribution < -0.4 is 5.73 Å². The summed E-state index contributed by atoms with van der Waals surface area (Å²) < 4.78 is 1.12. The molecule has 92 valence electrons. The highest BCUT2D eigenvalue weighted by atomic mass is 127. The molecule has 0 fully saturated rings. The zero-order chi connectivity index (χ0) is 11.3. The minimum atomic E-state index is -0.430. The predicted octanol–water partition coefficient (Wildman–Crippen LogP) is 3.26. The van der Waals surface area contributed by atoms with Gasteiger partial charge in [0, 0.05) is 3.57 Å². The van der Waals surface area contributed by atoms with Crippen molar-refractivity contribution in [1.82, 2.24) is 0 Å². The Kier molecular flexibility index (Phi) is 8.36. The van der Waals surface area contributed by atoms with E-state index in [4.69, 9.17) is 5.73 Å². The Morgan fingerprint density at radius 3 is 2.56 bits per heavy atom. The molecule has 0 aromatic heterocycles. The predicted molar refractivity (Wildman–Crippen MR) is 78.9 cm³/mol. The lowest BCUT2D eigenvalue weighted by atomic mass is 9.98. The van der Waals surface area contributed by atoms with E-state index in [1.54, 1.807) is 0 Å². The molecular weight excluding hydrogens is 336 g/mol. The van der Waals surface area contributed by atoms with Crippen LogP contribution in [0.15, 0.2) is 24.3 Å². The van der Waals surface area contributed by atoms with Crippen molar-refractivity contribution in [2.24, 2.45) is 5.73 Å². The van der Waals surface area contributed by atoms with Crippen molar-refractivity contribution in [3.05, 3.63) is 33.4 Å². The van der Waals surface area contributed by atoms with Crippen LogP contribution in [0.1, 0.15) is 37.8 Å². The number of aliphatic hydroxyl groups excluding tert-OH is 1. The maximum Gasteiger partial charge on any atom is 0.0733 e. The molecule has 0 aliphatic rings. The first-order valence-corrected chi connectivity index (χ1v) is 6.42. The number of aliphatic hydroxyl groups is 1. The summed E-state index contributed by atoms with van der Waals surface area (Å²) in [4.78, 5) is 0. The smallest absolute Gasteiger partial charge is 0.0733 e. The fourth-order valence-corrected chi connectivity index (χ4v) is 2.29. The van der Waals surface area contributed by atoms with Gasteiger partial charge in [-0.2, -0.15) is 0 Å². The highest BCUT2D eigenvalue weighted by Gasteiger charge is 2.17. The lowest BCUT2D eigenvalue weighted by Gasteiger charge is -2.20. The van der Waals surface area contributed by atoms with E-state index in [-0.39, 0.29) is 18.4 Å². The van der Waals surface area contributed by atoms with Crippen molar-refractivity contribution in [2.75, 3.05) is 0 Å². The molecule has 3 N–H and O–H groups in total. The SMILES string of the molecule is CCCC[C@@H](O)[C@@H](N)c1ccccc1I.Cl. The van der Waals surface area contributed by atoms with Crippen LogP contribution in [-0.4, -0.2) is 11.2 Å². The molecule has 2 atom stereocenters. The van der Waals surface area contributed by atoms with Gasteiger partial charge in [-0.05, 0) is 40.6 Å².